The molecule has 0 aliphatic heterocycles. The summed E-state index contributed by atoms with van der Waals surface area (Å²) in [5.74, 6) is 0.816. The van der Waals surface area contributed by atoms with Crippen LogP contribution in [0.3, 0.4) is 0 Å². The lowest BCUT2D eigenvalue weighted by Crippen LogP contribution is -2.28. The minimum absolute atomic E-state index is 0.521. The molecule has 0 saturated heterocycles. The van der Waals surface area contributed by atoms with Crippen molar-refractivity contribution in [3.8, 4) is 22.3 Å². The van der Waals surface area contributed by atoms with E-state index < -0.39 is 5.41 Å². The van der Waals surface area contributed by atoms with E-state index in [0.717, 1.165) is 55.6 Å². The van der Waals surface area contributed by atoms with Gasteiger partial charge in [0.25, 0.3) is 0 Å². The van der Waals surface area contributed by atoms with Gasteiger partial charge in [0.15, 0.2) is 5.58 Å². The van der Waals surface area contributed by atoms with Crippen molar-refractivity contribution in [2.24, 2.45) is 0 Å². The van der Waals surface area contributed by atoms with Crippen molar-refractivity contribution in [3.63, 3.8) is 0 Å². The fourth-order valence-electron chi connectivity index (χ4n) is 8.86. The van der Waals surface area contributed by atoms with Gasteiger partial charge < -0.3 is 4.42 Å². The van der Waals surface area contributed by atoms with Gasteiger partial charge in [-0.2, -0.15) is 0 Å². The molecular formula is C52H34N2O. The van der Waals surface area contributed by atoms with Crippen LogP contribution in [0.4, 0.5) is 17.2 Å². The number of hydrogen-bond donors (Lipinski definition) is 0. The summed E-state index contributed by atoms with van der Waals surface area (Å²) < 4.78 is 6.41. The Hall–Kier alpha value is -7.23. The van der Waals surface area contributed by atoms with Crippen LogP contribution in [0, 0.1) is 0 Å². The summed E-state index contributed by atoms with van der Waals surface area (Å²) in [4.78, 5) is 7.71. The van der Waals surface area contributed by atoms with E-state index >= 15 is 0 Å². The van der Waals surface area contributed by atoms with E-state index in [2.05, 4.69) is 211 Å². The molecule has 0 saturated carbocycles. The first kappa shape index (κ1) is 31.3. The van der Waals surface area contributed by atoms with Crippen molar-refractivity contribution >= 4 is 50.0 Å². The predicted molar refractivity (Wildman–Crippen MR) is 226 cm³/mol. The van der Waals surface area contributed by atoms with E-state index in [1.807, 2.05) is 0 Å². The molecule has 0 bridgehead atoms. The third kappa shape index (κ3) is 4.87. The van der Waals surface area contributed by atoms with Gasteiger partial charge in [0.05, 0.1) is 5.41 Å². The molecule has 3 nitrogen and oxygen atoms in total. The molecule has 8 aromatic carbocycles. The molecule has 258 valence electrons. The maximum Gasteiger partial charge on any atom is 0.154 e. The summed E-state index contributed by atoms with van der Waals surface area (Å²) in [6, 6.07) is 74.0. The van der Waals surface area contributed by atoms with Gasteiger partial charge in [-0.1, -0.05) is 158 Å². The maximum atomic E-state index is 6.41. The summed E-state index contributed by atoms with van der Waals surface area (Å²) in [6.07, 6.45) is 0. The molecular weight excluding hydrogens is 669 g/mol. The highest BCUT2D eigenvalue weighted by atomic mass is 16.3. The Morgan fingerprint density at radius 2 is 1.00 bits per heavy atom. The number of fused-ring (bicyclic) bond motifs is 7. The number of aromatic nitrogens is 1. The number of hydrogen-bond acceptors (Lipinski definition) is 3. The Morgan fingerprint density at radius 3 is 1.73 bits per heavy atom. The number of benzene rings is 8. The number of furan rings is 1. The molecule has 0 unspecified atom stereocenters. The van der Waals surface area contributed by atoms with E-state index in [1.165, 1.54) is 38.9 Å². The van der Waals surface area contributed by atoms with Crippen LogP contribution in [-0.2, 0) is 5.41 Å². The average Bonchev–Trinajstić information content (AvgIpc) is 3.76. The van der Waals surface area contributed by atoms with Crippen LogP contribution in [0.1, 0.15) is 22.3 Å². The Labute approximate surface area is 319 Å². The van der Waals surface area contributed by atoms with Gasteiger partial charge >= 0.3 is 0 Å². The number of pyridine rings is 1. The van der Waals surface area contributed by atoms with Crippen LogP contribution < -0.4 is 4.90 Å². The van der Waals surface area contributed by atoms with E-state index in [0.29, 0.717) is 0 Å². The predicted octanol–water partition coefficient (Wildman–Crippen LogP) is 13.6. The Kier molecular flexibility index (Phi) is 7.08. The summed E-state index contributed by atoms with van der Waals surface area (Å²) in [7, 11) is 0. The minimum Gasteiger partial charge on any atom is -0.454 e. The molecule has 0 amide bonds. The van der Waals surface area contributed by atoms with Gasteiger partial charge in [-0.15, -0.1) is 0 Å². The van der Waals surface area contributed by atoms with E-state index in [4.69, 9.17) is 9.40 Å². The molecule has 0 fully saturated rings. The second kappa shape index (κ2) is 12.4. The molecule has 55 heavy (non-hydrogen) atoms. The quantitative estimate of drug-likeness (QED) is 0.173. The first-order valence-electron chi connectivity index (χ1n) is 18.8. The zero-order chi connectivity index (χ0) is 36.3. The lowest BCUT2D eigenvalue weighted by atomic mass is 9.67. The van der Waals surface area contributed by atoms with Crippen molar-refractivity contribution in [1.82, 2.24) is 4.98 Å². The number of anilines is 3. The van der Waals surface area contributed by atoms with Crippen molar-refractivity contribution in [1.29, 1.82) is 0 Å². The van der Waals surface area contributed by atoms with Crippen molar-refractivity contribution in [2.45, 2.75) is 5.41 Å². The van der Waals surface area contributed by atoms with Crippen LogP contribution in [0.15, 0.2) is 211 Å². The molecule has 1 aliphatic carbocycles. The van der Waals surface area contributed by atoms with Crippen LogP contribution >= 0.6 is 0 Å². The molecule has 11 rings (SSSR count). The Morgan fingerprint density at radius 1 is 0.418 bits per heavy atom. The van der Waals surface area contributed by atoms with Gasteiger partial charge in [0, 0.05) is 16.8 Å². The van der Waals surface area contributed by atoms with Crippen LogP contribution in [0.25, 0.3) is 55.1 Å². The van der Waals surface area contributed by atoms with Gasteiger partial charge in [-0.3, -0.25) is 4.90 Å². The fourth-order valence-corrected chi connectivity index (χ4v) is 8.86. The monoisotopic (exact) mass is 702 g/mol. The van der Waals surface area contributed by atoms with E-state index in [9.17, 15) is 0 Å². The minimum atomic E-state index is -0.521. The third-order valence-corrected chi connectivity index (χ3v) is 11.3. The molecule has 0 radical (unpaired) electrons. The average molecular weight is 703 g/mol. The Bertz CT molecular complexity index is 2980. The van der Waals surface area contributed by atoms with Crippen LogP contribution in [0.2, 0.25) is 0 Å². The van der Waals surface area contributed by atoms with Gasteiger partial charge in [-0.05, 0) is 104 Å². The van der Waals surface area contributed by atoms with Crippen molar-refractivity contribution in [3.05, 3.63) is 229 Å². The first-order valence-corrected chi connectivity index (χ1v) is 18.8. The standard InChI is InChI=1S/C52H34N2O/c1-4-14-35(15-5-1)36-24-26-41(27-25-36)54(50-31-30-48-51(53-50)45-32-37-16-10-11-17-38(37)33-49(45)55-48)42-28-29-44-43-22-12-13-23-46(43)52(47(44)34-42,39-18-6-2-7-19-39)40-20-8-3-9-21-40/h1-34H. The molecule has 2 heterocycles. The Balaban J connectivity index is 1.16. The molecule has 10 aromatic rings. The second-order valence-corrected chi connectivity index (χ2v) is 14.3. The smallest absolute Gasteiger partial charge is 0.154 e. The highest BCUT2D eigenvalue weighted by Gasteiger charge is 2.46. The summed E-state index contributed by atoms with van der Waals surface area (Å²) >= 11 is 0. The molecule has 0 N–H and O–H groups in total. The highest BCUT2D eigenvalue weighted by molar-refractivity contribution is 6.09. The lowest BCUT2D eigenvalue weighted by molar-refractivity contribution is 0.668. The summed E-state index contributed by atoms with van der Waals surface area (Å²) in [6.45, 7) is 0. The largest absolute Gasteiger partial charge is 0.454 e. The highest BCUT2D eigenvalue weighted by Crippen LogP contribution is 2.57. The number of nitrogens with zero attached hydrogens (tertiary/aromatic N) is 2. The van der Waals surface area contributed by atoms with Crippen LogP contribution in [-0.4, -0.2) is 4.98 Å². The van der Waals surface area contributed by atoms with Gasteiger partial charge in [0.1, 0.15) is 16.9 Å². The van der Waals surface area contributed by atoms with Crippen molar-refractivity contribution < 1.29 is 4.42 Å². The molecule has 3 heteroatoms. The second-order valence-electron chi connectivity index (χ2n) is 14.3. The van der Waals surface area contributed by atoms with Crippen LogP contribution in [0.5, 0.6) is 0 Å². The normalized spacial score (nSPS) is 12.9. The number of rotatable bonds is 6. The molecule has 1 aliphatic rings. The van der Waals surface area contributed by atoms with E-state index in [-0.39, 0.29) is 0 Å². The zero-order valence-corrected chi connectivity index (χ0v) is 29.9. The maximum absolute atomic E-state index is 6.41. The molecule has 2 aromatic heterocycles. The van der Waals surface area contributed by atoms with Gasteiger partial charge in [-0.25, -0.2) is 4.98 Å². The summed E-state index contributed by atoms with van der Waals surface area (Å²) in [5.41, 5.74) is 13.8. The molecule has 0 spiro atoms. The zero-order valence-electron chi connectivity index (χ0n) is 29.9. The third-order valence-electron chi connectivity index (χ3n) is 11.3. The topological polar surface area (TPSA) is 29.3 Å². The van der Waals surface area contributed by atoms with Gasteiger partial charge in [0.2, 0.25) is 0 Å². The lowest BCUT2D eigenvalue weighted by Gasteiger charge is -2.34. The van der Waals surface area contributed by atoms with Crippen molar-refractivity contribution in [2.75, 3.05) is 4.90 Å². The summed E-state index contributed by atoms with van der Waals surface area (Å²) in [5, 5.41) is 3.31. The fraction of sp³-hybridized carbons (Fsp3) is 0.0192. The SMILES string of the molecule is c1ccc(-c2ccc(N(c3ccc4c(c3)C(c3ccccc3)(c3ccccc3)c3ccccc3-4)c3ccc4oc5cc6ccccc6cc5c4n3)cc2)cc1. The molecule has 0 atom stereocenters. The first-order chi connectivity index (χ1) is 27.3. The van der Waals surface area contributed by atoms with E-state index in [1.54, 1.807) is 0 Å².